The maximum absolute atomic E-state index is 6.87. The zero-order valence-electron chi connectivity index (χ0n) is 34.9. The molecule has 0 N–H and O–H groups in total. The van der Waals surface area contributed by atoms with Gasteiger partial charge in [-0.25, -0.2) is 0 Å². The second-order valence-corrected chi connectivity index (χ2v) is 16.8. The minimum Gasteiger partial charge on any atom is -0.454 e. The fraction of sp³-hybridized carbons (Fsp3) is 0.0164. The summed E-state index contributed by atoms with van der Waals surface area (Å²) in [5.41, 5.74) is 19.9. The average molecular weight is 817 g/mol. The van der Waals surface area contributed by atoms with Gasteiger partial charge in [-0.2, -0.15) is 0 Å². The number of hydrogen-bond donors (Lipinski definition) is 0. The molecule has 1 spiro atoms. The summed E-state index contributed by atoms with van der Waals surface area (Å²) in [6, 6.07) is 88.3. The van der Waals surface area contributed by atoms with Crippen LogP contribution in [-0.4, -0.2) is 0 Å². The van der Waals surface area contributed by atoms with Crippen LogP contribution in [0.5, 0.6) is 0 Å². The number of benzene rings is 10. The monoisotopic (exact) mass is 816 g/mol. The minimum absolute atomic E-state index is 0.607. The molecule has 13 rings (SSSR count). The summed E-state index contributed by atoms with van der Waals surface area (Å²) in [5, 5.41) is 2.19. The number of para-hydroxylation sites is 6. The van der Waals surface area contributed by atoms with Crippen LogP contribution >= 0.6 is 0 Å². The quantitative estimate of drug-likeness (QED) is 0.167. The van der Waals surface area contributed by atoms with Gasteiger partial charge in [0.1, 0.15) is 5.58 Å². The van der Waals surface area contributed by atoms with E-state index in [2.05, 4.69) is 246 Å². The molecule has 0 unspecified atom stereocenters. The van der Waals surface area contributed by atoms with Crippen LogP contribution in [0.1, 0.15) is 22.3 Å². The normalized spacial score (nSPS) is 13.1. The van der Waals surface area contributed by atoms with Gasteiger partial charge in [0.15, 0.2) is 5.58 Å². The lowest BCUT2D eigenvalue weighted by molar-refractivity contribution is 0.669. The molecule has 3 nitrogen and oxygen atoms in total. The van der Waals surface area contributed by atoms with E-state index in [9.17, 15) is 0 Å². The summed E-state index contributed by atoms with van der Waals surface area (Å²) in [6.45, 7) is 0. The van der Waals surface area contributed by atoms with E-state index >= 15 is 0 Å². The first kappa shape index (κ1) is 36.3. The van der Waals surface area contributed by atoms with Crippen LogP contribution in [0.3, 0.4) is 0 Å². The molecule has 11 aromatic rings. The third kappa shape index (κ3) is 5.28. The van der Waals surface area contributed by atoms with E-state index < -0.39 is 5.41 Å². The second kappa shape index (κ2) is 14.3. The number of furan rings is 1. The van der Waals surface area contributed by atoms with E-state index in [0.29, 0.717) is 0 Å². The molecule has 2 aliphatic rings. The predicted octanol–water partition coefficient (Wildman–Crippen LogP) is 16.5. The zero-order valence-corrected chi connectivity index (χ0v) is 34.9. The van der Waals surface area contributed by atoms with Crippen molar-refractivity contribution in [3.63, 3.8) is 0 Å². The molecule has 1 aromatic heterocycles. The van der Waals surface area contributed by atoms with E-state index in [1.165, 1.54) is 55.9 Å². The Morgan fingerprint density at radius 2 is 0.906 bits per heavy atom. The Kier molecular flexibility index (Phi) is 8.13. The molecule has 300 valence electrons. The van der Waals surface area contributed by atoms with Crippen LogP contribution in [-0.2, 0) is 5.41 Å². The van der Waals surface area contributed by atoms with Crippen molar-refractivity contribution in [3.8, 4) is 33.4 Å². The highest BCUT2D eigenvalue weighted by molar-refractivity contribution is 6.11. The Hall–Kier alpha value is -8.40. The molecule has 1 aliphatic carbocycles. The highest BCUT2D eigenvalue weighted by Crippen LogP contribution is 2.64. The van der Waals surface area contributed by atoms with Crippen LogP contribution in [0.2, 0.25) is 0 Å². The molecule has 0 radical (unpaired) electrons. The molecule has 2 heterocycles. The maximum atomic E-state index is 6.87. The minimum atomic E-state index is -0.607. The molecule has 10 aromatic carbocycles. The molecule has 0 fully saturated rings. The first-order valence-electron chi connectivity index (χ1n) is 22.0. The van der Waals surface area contributed by atoms with E-state index in [1.54, 1.807) is 0 Å². The van der Waals surface area contributed by atoms with Gasteiger partial charge >= 0.3 is 0 Å². The fourth-order valence-corrected chi connectivity index (χ4v) is 10.8. The summed E-state index contributed by atoms with van der Waals surface area (Å²) in [4.78, 5) is 4.87. The summed E-state index contributed by atoms with van der Waals surface area (Å²) in [5.74, 6) is 0. The van der Waals surface area contributed by atoms with Gasteiger partial charge in [0.25, 0.3) is 0 Å². The van der Waals surface area contributed by atoms with Crippen LogP contribution in [0, 0.1) is 0 Å². The Balaban J connectivity index is 1.08. The largest absolute Gasteiger partial charge is 0.454 e. The van der Waals surface area contributed by atoms with Crippen molar-refractivity contribution in [1.29, 1.82) is 0 Å². The second-order valence-electron chi connectivity index (χ2n) is 16.8. The van der Waals surface area contributed by atoms with Gasteiger partial charge in [-0.1, -0.05) is 188 Å². The number of rotatable bonds is 6. The lowest BCUT2D eigenvalue weighted by atomic mass is 9.64. The molecular weight excluding hydrogens is 777 g/mol. The van der Waals surface area contributed by atoms with Gasteiger partial charge in [0.05, 0.1) is 28.2 Å². The van der Waals surface area contributed by atoms with Crippen molar-refractivity contribution in [2.75, 3.05) is 9.80 Å². The summed E-state index contributed by atoms with van der Waals surface area (Å²) < 4.78 is 6.87. The standard InChI is InChI=1S/C61H40N2O/c1-3-18-41(19-4-1)42-34-36-43(37-35-42)46-22-8-13-29-55(46)63(58-32-17-25-50-49-24-9-16-33-59(49)64-60(50)58)45-38-39-48-47-23-7-10-26-51(47)61(54(48)40-45)52-27-11-14-30-56(52)62(44-20-5-2-6-21-44)57-31-15-12-28-53(57)61/h1-40H. The molecule has 0 saturated heterocycles. The summed E-state index contributed by atoms with van der Waals surface area (Å²) >= 11 is 0. The molecule has 64 heavy (non-hydrogen) atoms. The molecule has 0 saturated carbocycles. The van der Waals surface area contributed by atoms with Crippen LogP contribution in [0.15, 0.2) is 247 Å². The third-order valence-electron chi connectivity index (χ3n) is 13.5. The summed E-state index contributed by atoms with van der Waals surface area (Å²) in [7, 11) is 0. The highest BCUT2D eigenvalue weighted by atomic mass is 16.3. The summed E-state index contributed by atoms with van der Waals surface area (Å²) in [6.07, 6.45) is 0. The van der Waals surface area contributed by atoms with Gasteiger partial charge < -0.3 is 14.2 Å². The van der Waals surface area contributed by atoms with Crippen molar-refractivity contribution >= 4 is 56.1 Å². The average Bonchev–Trinajstić information content (AvgIpc) is 3.89. The molecule has 1 aliphatic heterocycles. The van der Waals surface area contributed by atoms with Crippen LogP contribution in [0.4, 0.5) is 34.1 Å². The molecular formula is C61H40N2O. The van der Waals surface area contributed by atoms with Gasteiger partial charge in [-0.05, 0) is 105 Å². The van der Waals surface area contributed by atoms with Gasteiger partial charge in [-0.15, -0.1) is 0 Å². The third-order valence-corrected chi connectivity index (χ3v) is 13.5. The molecule has 3 heteroatoms. The first-order chi connectivity index (χ1) is 31.8. The number of nitrogens with zero attached hydrogens (tertiary/aromatic N) is 2. The Morgan fingerprint density at radius 1 is 0.359 bits per heavy atom. The van der Waals surface area contributed by atoms with Crippen molar-refractivity contribution in [2.24, 2.45) is 0 Å². The maximum Gasteiger partial charge on any atom is 0.159 e. The highest BCUT2D eigenvalue weighted by Gasteiger charge is 2.52. The lowest BCUT2D eigenvalue weighted by Crippen LogP contribution is -2.36. The van der Waals surface area contributed by atoms with Crippen molar-refractivity contribution in [1.82, 2.24) is 0 Å². The molecule has 0 bridgehead atoms. The van der Waals surface area contributed by atoms with E-state index in [1.807, 2.05) is 6.07 Å². The lowest BCUT2D eigenvalue weighted by Gasteiger charge is -2.45. The Bertz CT molecular complexity index is 3520. The van der Waals surface area contributed by atoms with Gasteiger partial charge in [0.2, 0.25) is 0 Å². The van der Waals surface area contributed by atoms with Gasteiger partial charge in [-0.3, -0.25) is 0 Å². The topological polar surface area (TPSA) is 19.6 Å². The smallest absolute Gasteiger partial charge is 0.159 e. The van der Waals surface area contributed by atoms with Crippen LogP contribution in [0.25, 0.3) is 55.3 Å². The van der Waals surface area contributed by atoms with Crippen molar-refractivity contribution in [2.45, 2.75) is 5.41 Å². The van der Waals surface area contributed by atoms with Crippen molar-refractivity contribution < 1.29 is 4.42 Å². The number of fused-ring (bicyclic) bond motifs is 12. The van der Waals surface area contributed by atoms with E-state index in [-0.39, 0.29) is 0 Å². The zero-order chi connectivity index (χ0) is 42.2. The van der Waals surface area contributed by atoms with E-state index in [0.717, 1.165) is 55.8 Å². The first-order valence-corrected chi connectivity index (χ1v) is 22.0. The molecule has 0 amide bonds. The Morgan fingerprint density at radius 3 is 1.67 bits per heavy atom. The van der Waals surface area contributed by atoms with Crippen molar-refractivity contribution in [3.05, 3.63) is 265 Å². The van der Waals surface area contributed by atoms with E-state index in [4.69, 9.17) is 4.42 Å². The Labute approximate surface area is 372 Å². The van der Waals surface area contributed by atoms with Crippen LogP contribution < -0.4 is 9.80 Å². The number of hydrogen-bond acceptors (Lipinski definition) is 3. The fourth-order valence-electron chi connectivity index (χ4n) is 10.8. The SMILES string of the molecule is c1ccc(-c2ccc(-c3ccccc3N(c3ccc4c(c3)C3(c5ccccc5-4)c4ccccc4N(c4ccccc4)c4ccccc43)c3cccc4c3oc3ccccc34)cc2)cc1. The number of anilines is 6. The predicted molar refractivity (Wildman–Crippen MR) is 265 cm³/mol. The molecule has 0 atom stereocenters. The van der Waals surface area contributed by atoms with Gasteiger partial charge in [0, 0.05) is 27.7 Å².